The van der Waals surface area contributed by atoms with Crippen LogP contribution in [-0.2, 0) is 41.7 Å². The van der Waals surface area contributed by atoms with Gasteiger partial charge in [0.1, 0.15) is 12.6 Å². The number of benzene rings is 2. The number of nitrogens with one attached hydrogen (secondary N) is 3. The van der Waals surface area contributed by atoms with Gasteiger partial charge in [-0.25, -0.2) is 4.79 Å². The third-order valence-corrected chi connectivity index (χ3v) is 8.38. The molecule has 4 rings (SSSR count). The van der Waals surface area contributed by atoms with Gasteiger partial charge < -0.3 is 35.8 Å². The summed E-state index contributed by atoms with van der Waals surface area (Å²) < 4.78 is 10.5. The highest BCUT2D eigenvalue weighted by Crippen LogP contribution is 2.26. The van der Waals surface area contributed by atoms with E-state index in [9.17, 15) is 29.1 Å². The molecule has 5 atom stereocenters. The Bertz CT molecular complexity index is 1430. The number of carbonyl (C=O) groups is 5. The van der Waals surface area contributed by atoms with E-state index in [2.05, 4.69) is 15.5 Å². The van der Waals surface area contributed by atoms with Crippen LogP contribution in [0.25, 0.3) is 0 Å². The summed E-state index contributed by atoms with van der Waals surface area (Å²) in [4.78, 5) is 69.0. The molecule has 0 aliphatic carbocycles. The van der Waals surface area contributed by atoms with E-state index in [1.165, 1.54) is 4.90 Å². The molecule has 14 nitrogen and oxygen atoms in total. The molecule has 0 unspecified atom stereocenters. The lowest BCUT2D eigenvalue weighted by Gasteiger charge is -2.33. The Morgan fingerprint density at radius 2 is 1.59 bits per heavy atom. The Morgan fingerprint density at radius 1 is 0.980 bits per heavy atom. The van der Waals surface area contributed by atoms with Crippen LogP contribution in [0, 0.1) is 0 Å². The molecule has 2 saturated heterocycles. The fraction of sp³-hybridized carbons (Fsp3) is 0.514. The highest BCUT2D eigenvalue weighted by atomic mass is 16.5. The van der Waals surface area contributed by atoms with Crippen molar-refractivity contribution in [2.24, 2.45) is 5.73 Å². The first kappa shape index (κ1) is 37.4. The Kier molecular flexibility index (Phi) is 13.2. The van der Waals surface area contributed by atoms with E-state index in [1.54, 1.807) is 48.5 Å². The summed E-state index contributed by atoms with van der Waals surface area (Å²) in [5.74, 6) is -2.69. The number of nitrogens with two attached hydrogens (primary N) is 1. The molecule has 2 aromatic rings. The van der Waals surface area contributed by atoms with E-state index in [4.69, 9.17) is 15.2 Å². The lowest BCUT2D eigenvalue weighted by molar-refractivity contribution is -0.147. The Labute approximate surface area is 286 Å². The molecule has 0 saturated carbocycles. The zero-order chi connectivity index (χ0) is 35.6. The number of nitrogens with zero attached hydrogens (tertiary/aromatic N) is 2. The van der Waals surface area contributed by atoms with Crippen molar-refractivity contribution in [1.82, 2.24) is 25.8 Å². The Hall–Kier alpha value is -4.37. The molecular formula is C35H48N6O8. The fourth-order valence-corrected chi connectivity index (χ4v) is 5.92. The van der Waals surface area contributed by atoms with Crippen molar-refractivity contribution in [3.63, 3.8) is 0 Å². The number of aliphatic hydroxyl groups excluding tert-OH is 1. The summed E-state index contributed by atoms with van der Waals surface area (Å²) in [6.45, 7) is 8.12. The second-order valence-corrected chi connectivity index (χ2v) is 13.5. The molecule has 0 radical (unpaired) electrons. The molecule has 2 heterocycles. The molecule has 266 valence electrons. The van der Waals surface area contributed by atoms with E-state index in [-0.39, 0.29) is 31.5 Å². The number of hydrogen-bond acceptors (Lipinski definition) is 10. The first-order valence-corrected chi connectivity index (χ1v) is 16.5. The molecule has 0 bridgehead atoms. The molecule has 6 N–H and O–H groups in total. The van der Waals surface area contributed by atoms with Gasteiger partial charge in [0, 0.05) is 31.2 Å². The highest BCUT2D eigenvalue weighted by Gasteiger charge is 2.45. The molecule has 5 amide bonds. The van der Waals surface area contributed by atoms with Gasteiger partial charge in [-0.2, -0.15) is 0 Å². The highest BCUT2D eigenvalue weighted by molar-refractivity contribution is 5.96. The maximum Gasteiger partial charge on any atom is 0.414 e. The third-order valence-electron chi connectivity index (χ3n) is 8.38. The maximum atomic E-state index is 14.1. The largest absolute Gasteiger partial charge is 0.444 e. The number of morpholine rings is 1. The van der Waals surface area contributed by atoms with Crippen LogP contribution in [0.5, 0.6) is 0 Å². The monoisotopic (exact) mass is 680 g/mol. The van der Waals surface area contributed by atoms with Crippen LogP contribution >= 0.6 is 0 Å². The summed E-state index contributed by atoms with van der Waals surface area (Å²) in [7, 11) is 0. The summed E-state index contributed by atoms with van der Waals surface area (Å²) in [6.07, 6.45) is -2.85. The first-order valence-electron chi connectivity index (χ1n) is 16.5. The fourth-order valence-electron chi connectivity index (χ4n) is 5.92. The number of ether oxygens (including phenoxy) is 2. The zero-order valence-electron chi connectivity index (χ0n) is 28.3. The molecule has 0 aromatic heterocycles. The number of amides is 5. The third kappa shape index (κ3) is 11.3. The van der Waals surface area contributed by atoms with E-state index in [0.717, 1.165) is 11.1 Å². The van der Waals surface area contributed by atoms with Crippen LogP contribution in [0.1, 0.15) is 44.7 Å². The van der Waals surface area contributed by atoms with E-state index in [0.29, 0.717) is 32.7 Å². The van der Waals surface area contributed by atoms with Crippen molar-refractivity contribution in [3.05, 3.63) is 71.8 Å². The van der Waals surface area contributed by atoms with Gasteiger partial charge in [0.2, 0.25) is 17.7 Å². The number of imide groups is 1. The van der Waals surface area contributed by atoms with Crippen molar-refractivity contribution < 1.29 is 38.6 Å². The number of carbonyl (C=O) groups excluding carboxylic acids is 5. The maximum absolute atomic E-state index is 14.1. The minimum absolute atomic E-state index is 0.0531. The van der Waals surface area contributed by atoms with Crippen molar-refractivity contribution in [3.8, 4) is 0 Å². The molecule has 2 aromatic carbocycles. The minimum atomic E-state index is -1.74. The van der Waals surface area contributed by atoms with Gasteiger partial charge in [-0.05, 0) is 44.7 Å². The van der Waals surface area contributed by atoms with Crippen LogP contribution < -0.4 is 21.7 Å². The first-order chi connectivity index (χ1) is 23.3. The number of hydrogen-bond donors (Lipinski definition) is 5. The predicted molar refractivity (Wildman–Crippen MR) is 180 cm³/mol. The number of rotatable bonds is 12. The average molecular weight is 681 g/mol. The summed E-state index contributed by atoms with van der Waals surface area (Å²) in [5, 5.41) is 19.2. The second-order valence-electron chi connectivity index (χ2n) is 13.5. The van der Waals surface area contributed by atoms with Gasteiger partial charge in [-0.3, -0.25) is 29.4 Å². The van der Waals surface area contributed by atoms with Gasteiger partial charge >= 0.3 is 6.09 Å². The van der Waals surface area contributed by atoms with Gasteiger partial charge in [-0.1, -0.05) is 60.7 Å². The van der Waals surface area contributed by atoms with Crippen LogP contribution in [-0.4, -0.2) is 113 Å². The summed E-state index contributed by atoms with van der Waals surface area (Å²) in [6, 6.07) is 14.3. The second kappa shape index (κ2) is 17.3. The lowest BCUT2D eigenvalue weighted by Crippen LogP contribution is -2.58. The van der Waals surface area contributed by atoms with Crippen LogP contribution in [0.15, 0.2) is 60.7 Å². The van der Waals surface area contributed by atoms with Crippen molar-refractivity contribution in [1.29, 1.82) is 0 Å². The Balaban J connectivity index is 1.44. The van der Waals surface area contributed by atoms with E-state index < -0.39 is 60.0 Å². The van der Waals surface area contributed by atoms with E-state index in [1.807, 2.05) is 38.2 Å². The quantitative estimate of drug-likeness (QED) is 0.210. The Morgan fingerprint density at radius 3 is 2.20 bits per heavy atom. The zero-order valence-corrected chi connectivity index (χ0v) is 28.3. The van der Waals surface area contributed by atoms with Crippen molar-refractivity contribution in [2.45, 2.75) is 82.5 Å². The molecule has 0 spiro atoms. The van der Waals surface area contributed by atoms with Gasteiger partial charge in [0.15, 0.2) is 6.10 Å². The molecule has 2 fully saturated rings. The molecular weight excluding hydrogens is 632 g/mol. The smallest absolute Gasteiger partial charge is 0.414 e. The van der Waals surface area contributed by atoms with Crippen molar-refractivity contribution >= 4 is 29.7 Å². The normalized spacial score (nSPS) is 20.1. The lowest BCUT2D eigenvalue weighted by atomic mass is 9.99. The molecule has 49 heavy (non-hydrogen) atoms. The van der Waals surface area contributed by atoms with Gasteiger partial charge in [0.05, 0.1) is 31.7 Å². The van der Waals surface area contributed by atoms with Crippen LogP contribution in [0.2, 0.25) is 0 Å². The van der Waals surface area contributed by atoms with E-state index >= 15 is 0 Å². The number of alkyl carbamates (subject to hydrolysis) is 1. The van der Waals surface area contributed by atoms with Gasteiger partial charge in [-0.15, -0.1) is 0 Å². The average Bonchev–Trinajstić information content (AvgIpc) is 3.53. The van der Waals surface area contributed by atoms with Crippen LogP contribution in [0.4, 0.5) is 4.79 Å². The molecule has 2 aliphatic rings. The number of likely N-dealkylation sites (tertiary alicyclic amines) is 1. The molecule has 2 aliphatic heterocycles. The minimum Gasteiger partial charge on any atom is -0.444 e. The summed E-state index contributed by atoms with van der Waals surface area (Å²) >= 11 is 0. The van der Waals surface area contributed by atoms with Crippen LogP contribution in [0.3, 0.4) is 0 Å². The standard InChI is InChI=1S/C35H48N6O8/c1-35(2,3)39-32(45)28-19-25(40-14-16-48-17-15-40)21-41(28)33(46)30(43)27(18-23-10-6-4-7-11-23)37-31(44)26(36)20-29(42)38-34(47)49-22-24-12-8-5-9-13-24/h4-13,25-28,30,43H,14-22,36H2,1-3H3,(H,37,44)(H,39,45)(H,38,42,47)/t25-,26-,27-,28-,30-/m0/s1. The topological polar surface area (TPSA) is 193 Å². The number of aliphatic hydroxyl groups is 1. The summed E-state index contributed by atoms with van der Waals surface area (Å²) in [5.41, 5.74) is 6.95. The predicted octanol–water partition coefficient (Wildman–Crippen LogP) is 0.462. The SMILES string of the molecule is CC(C)(C)NC(=O)[C@@H]1C[C@H](N2CCOCC2)CN1C(=O)[C@@H](O)[C@H](Cc1ccccc1)NC(=O)[C@@H](N)CC(=O)NC(=O)OCc1ccccc1. The molecule has 14 heteroatoms. The van der Waals surface area contributed by atoms with Crippen molar-refractivity contribution in [2.75, 3.05) is 32.8 Å². The van der Waals surface area contributed by atoms with Gasteiger partial charge in [0.25, 0.3) is 5.91 Å².